The number of anilines is 1. The van der Waals surface area contributed by atoms with Gasteiger partial charge in [0, 0.05) is 31.0 Å². The molecule has 0 bridgehead atoms. The molecule has 0 spiro atoms. The number of pyridine rings is 1. The van der Waals surface area contributed by atoms with Gasteiger partial charge in [0.1, 0.15) is 0 Å². The second-order valence-corrected chi connectivity index (χ2v) is 4.39. The summed E-state index contributed by atoms with van der Waals surface area (Å²) in [6, 6.07) is 2.78. The van der Waals surface area contributed by atoms with E-state index in [0.29, 0.717) is 18.7 Å². The fourth-order valence-corrected chi connectivity index (χ4v) is 1.81. The van der Waals surface area contributed by atoms with E-state index in [9.17, 15) is 18.0 Å². The van der Waals surface area contributed by atoms with Crippen molar-refractivity contribution in [2.45, 2.75) is 26.1 Å². The highest BCUT2D eigenvalue weighted by Gasteiger charge is 2.30. The topological polar surface area (TPSA) is 51.3 Å². The van der Waals surface area contributed by atoms with Crippen LogP contribution in [0.15, 0.2) is 23.1 Å². The molecule has 0 atom stereocenters. The van der Waals surface area contributed by atoms with Gasteiger partial charge in [0.2, 0.25) is 0 Å². The summed E-state index contributed by atoms with van der Waals surface area (Å²) in [5, 5.41) is 0. The Labute approximate surface area is 109 Å². The molecule has 7 heteroatoms. The zero-order valence-electron chi connectivity index (χ0n) is 10.8. The van der Waals surface area contributed by atoms with Crippen LogP contribution in [-0.4, -0.2) is 35.3 Å². The SMILES string of the molecule is CCCN(CCn1cc(N)ccc1=O)CC(F)(F)F. The third kappa shape index (κ3) is 5.78. The maximum Gasteiger partial charge on any atom is 0.401 e. The van der Waals surface area contributed by atoms with Crippen LogP contribution in [0.5, 0.6) is 0 Å². The van der Waals surface area contributed by atoms with Gasteiger partial charge < -0.3 is 10.3 Å². The van der Waals surface area contributed by atoms with Gasteiger partial charge in [0.25, 0.3) is 5.56 Å². The van der Waals surface area contributed by atoms with Crippen LogP contribution in [0, 0.1) is 0 Å². The van der Waals surface area contributed by atoms with Crippen molar-refractivity contribution in [2.75, 3.05) is 25.4 Å². The molecule has 0 fully saturated rings. The molecule has 0 amide bonds. The molecule has 19 heavy (non-hydrogen) atoms. The number of aromatic nitrogens is 1. The minimum atomic E-state index is -4.23. The van der Waals surface area contributed by atoms with E-state index in [1.165, 1.54) is 27.8 Å². The molecule has 0 saturated carbocycles. The van der Waals surface area contributed by atoms with Gasteiger partial charge in [-0.15, -0.1) is 0 Å². The number of nitrogens with zero attached hydrogens (tertiary/aromatic N) is 2. The molecule has 1 aromatic rings. The second-order valence-electron chi connectivity index (χ2n) is 4.39. The van der Waals surface area contributed by atoms with Gasteiger partial charge in [-0.05, 0) is 19.0 Å². The second kappa shape index (κ2) is 6.60. The number of halogens is 3. The summed E-state index contributed by atoms with van der Waals surface area (Å²) in [7, 11) is 0. The van der Waals surface area contributed by atoms with Crippen LogP contribution in [0.25, 0.3) is 0 Å². The number of nitrogens with two attached hydrogens (primary N) is 1. The van der Waals surface area contributed by atoms with Gasteiger partial charge in [-0.3, -0.25) is 9.69 Å². The van der Waals surface area contributed by atoms with Gasteiger partial charge in [-0.2, -0.15) is 13.2 Å². The zero-order chi connectivity index (χ0) is 14.5. The predicted octanol–water partition coefficient (Wildman–Crippen LogP) is 1.70. The van der Waals surface area contributed by atoms with E-state index in [2.05, 4.69) is 0 Å². The van der Waals surface area contributed by atoms with Crippen LogP contribution in [-0.2, 0) is 6.54 Å². The van der Waals surface area contributed by atoms with E-state index in [4.69, 9.17) is 5.73 Å². The fraction of sp³-hybridized carbons (Fsp3) is 0.583. The summed E-state index contributed by atoms with van der Waals surface area (Å²) < 4.78 is 38.4. The third-order valence-electron chi connectivity index (χ3n) is 2.61. The van der Waals surface area contributed by atoms with Crippen LogP contribution in [0.3, 0.4) is 0 Å². The van der Waals surface area contributed by atoms with Gasteiger partial charge in [0.15, 0.2) is 0 Å². The predicted molar refractivity (Wildman–Crippen MR) is 67.9 cm³/mol. The van der Waals surface area contributed by atoms with Crippen LogP contribution in [0.4, 0.5) is 18.9 Å². The van der Waals surface area contributed by atoms with E-state index in [1.807, 2.05) is 6.92 Å². The lowest BCUT2D eigenvalue weighted by molar-refractivity contribution is -0.146. The molecule has 4 nitrogen and oxygen atoms in total. The Morgan fingerprint density at radius 2 is 2.00 bits per heavy atom. The van der Waals surface area contributed by atoms with E-state index in [0.717, 1.165) is 0 Å². The van der Waals surface area contributed by atoms with Crippen LogP contribution in [0.1, 0.15) is 13.3 Å². The van der Waals surface area contributed by atoms with Gasteiger partial charge in [0.05, 0.1) is 6.54 Å². The number of rotatable bonds is 6. The maximum atomic E-state index is 12.4. The fourth-order valence-electron chi connectivity index (χ4n) is 1.81. The molecule has 0 unspecified atom stereocenters. The first-order valence-corrected chi connectivity index (χ1v) is 6.07. The summed E-state index contributed by atoms with van der Waals surface area (Å²) in [5.74, 6) is 0. The van der Waals surface area contributed by atoms with Crippen molar-refractivity contribution in [3.63, 3.8) is 0 Å². The lowest BCUT2D eigenvalue weighted by Crippen LogP contribution is -2.38. The minimum absolute atomic E-state index is 0.163. The normalized spacial score (nSPS) is 12.1. The third-order valence-corrected chi connectivity index (χ3v) is 2.61. The quantitative estimate of drug-likeness (QED) is 0.861. The largest absolute Gasteiger partial charge is 0.401 e. The van der Waals surface area contributed by atoms with Crippen molar-refractivity contribution >= 4 is 5.69 Å². The Morgan fingerprint density at radius 1 is 1.32 bits per heavy atom. The average Bonchev–Trinajstić information content (AvgIpc) is 2.28. The molecule has 0 aromatic carbocycles. The zero-order valence-corrected chi connectivity index (χ0v) is 10.8. The van der Waals surface area contributed by atoms with Crippen molar-refractivity contribution in [2.24, 2.45) is 0 Å². The Balaban J connectivity index is 2.65. The summed E-state index contributed by atoms with van der Waals surface area (Å²) in [6.07, 6.45) is -2.15. The number of hydrogen-bond acceptors (Lipinski definition) is 3. The highest BCUT2D eigenvalue weighted by Crippen LogP contribution is 2.16. The van der Waals surface area contributed by atoms with Gasteiger partial charge in [-0.25, -0.2) is 0 Å². The standard InChI is InChI=1S/C12H18F3N3O/c1-2-5-17(9-12(13,14)15)6-7-18-8-10(16)3-4-11(18)19/h3-4,8H,2,5-7,9,16H2,1H3. The smallest absolute Gasteiger partial charge is 0.398 e. The average molecular weight is 277 g/mol. The minimum Gasteiger partial charge on any atom is -0.398 e. The molecule has 0 aliphatic heterocycles. The lowest BCUT2D eigenvalue weighted by Gasteiger charge is -2.23. The molecule has 108 valence electrons. The molecule has 2 N–H and O–H groups in total. The van der Waals surface area contributed by atoms with E-state index in [1.54, 1.807) is 0 Å². The van der Waals surface area contributed by atoms with Crippen LogP contribution >= 0.6 is 0 Å². The molecular weight excluding hydrogens is 259 g/mol. The Morgan fingerprint density at radius 3 is 2.58 bits per heavy atom. The van der Waals surface area contributed by atoms with E-state index >= 15 is 0 Å². The molecule has 0 saturated heterocycles. The van der Waals surface area contributed by atoms with E-state index < -0.39 is 12.7 Å². The summed E-state index contributed by atoms with van der Waals surface area (Å²) in [5.41, 5.74) is 5.69. The van der Waals surface area contributed by atoms with Crippen molar-refractivity contribution < 1.29 is 13.2 Å². The molecule has 0 aliphatic carbocycles. The first-order valence-electron chi connectivity index (χ1n) is 6.07. The van der Waals surface area contributed by atoms with Crippen LogP contribution in [0.2, 0.25) is 0 Å². The van der Waals surface area contributed by atoms with Crippen molar-refractivity contribution in [1.29, 1.82) is 0 Å². The van der Waals surface area contributed by atoms with Gasteiger partial charge in [-0.1, -0.05) is 6.92 Å². The highest BCUT2D eigenvalue weighted by molar-refractivity contribution is 5.33. The number of alkyl halides is 3. The van der Waals surface area contributed by atoms with Crippen LogP contribution < -0.4 is 11.3 Å². The number of hydrogen-bond donors (Lipinski definition) is 1. The van der Waals surface area contributed by atoms with E-state index in [-0.39, 0.29) is 18.6 Å². The monoisotopic (exact) mass is 277 g/mol. The van der Waals surface area contributed by atoms with Gasteiger partial charge >= 0.3 is 6.18 Å². The Kier molecular flexibility index (Phi) is 5.41. The molecule has 1 aromatic heterocycles. The molecule has 1 rings (SSSR count). The molecular formula is C12H18F3N3O. The lowest BCUT2D eigenvalue weighted by atomic mass is 10.3. The van der Waals surface area contributed by atoms with Crippen molar-refractivity contribution in [3.05, 3.63) is 28.7 Å². The van der Waals surface area contributed by atoms with Crippen molar-refractivity contribution in [3.8, 4) is 0 Å². The molecule has 0 radical (unpaired) electrons. The summed E-state index contributed by atoms with van der Waals surface area (Å²) >= 11 is 0. The molecule has 0 aliphatic rings. The Hall–Kier alpha value is -1.50. The molecule has 1 heterocycles. The summed E-state index contributed by atoms with van der Waals surface area (Å²) in [6.45, 7) is 1.56. The Bertz CT molecular complexity index is 456. The summed E-state index contributed by atoms with van der Waals surface area (Å²) in [4.78, 5) is 12.8. The first kappa shape index (κ1) is 15.6. The highest BCUT2D eigenvalue weighted by atomic mass is 19.4. The number of nitrogen functional groups attached to an aromatic ring is 1. The maximum absolute atomic E-state index is 12.4. The first-order chi connectivity index (χ1) is 8.81. The van der Waals surface area contributed by atoms with Crippen molar-refractivity contribution in [1.82, 2.24) is 9.47 Å².